The van der Waals surface area contributed by atoms with E-state index in [4.69, 9.17) is 0 Å². The lowest BCUT2D eigenvalue weighted by molar-refractivity contribution is 0.0691. The van der Waals surface area contributed by atoms with Gasteiger partial charge in [-0.25, -0.2) is 8.42 Å². The standard InChI is InChI=1S/C22H31N3O3S/c1-15-6-10-24(11-7-15)22(26)21-17(3)19-14-18(4-5-20(19)23-21)29(27,28)25-12-8-16(2)9-13-25/h4-5,14-16,23H,6-13H2,1-3H3. The van der Waals surface area contributed by atoms with E-state index in [0.717, 1.165) is 55.2 Å². The number of nitrogens with zero attached hydrogens (tertiary/aromatic N) is 2. The van der Waals surface area contributed by atoms with Gasteiger partial charge in [0.15, 0.2) is 0 Å². The van der Waals surface area contributed by atoms with Crippen LogP contribution in [0, 0.1) is 18.8 Å². The van der Waals surface area contributed by atoms with Gasteiger partial charge in [0.1, 0.15) is 5.69 Å². The number of sulfonamides is 1. The number of H-pyrrole nitrogens is 1. The van der Waals surface area contributed by atoms with E-state index in [9.17, 15) is 13.2 Å². The topological polar surface area (TPSA) is 73.5 Å². The van der Waals surface area contributed by atoms with E-state index < -0.39 is 10.0 Å². The van der Waals surface area contributed by atoms with Crippen molar-refractivity contribution in [2.75, 3.05) is 26.2 Å². The van der Waals surface area contributed by atoms with Crippen molar-refractivity contribution in [3.8, 4) is 0 Å². The normalized spacial score (nSPS) is 20.4. The summed E-state index contributed by atoms with van der Waals surface area (Å²) in [6, 6.07) is 5.17. The van der Waals surface area contributed by atoms with Gasteiger partial charge in [-0.3, -0.25) is 4.79 Å². The van der Waals surface area contributed by atoms with E-state index in [2.05, 4.69) is 18.8 Å². The van der Waals surface area contributed by atoms with E-state index in [0.29, 0.717) is 35.5 Å². The molecule has 0 saturated carbocycles. The summed E-state index contributed by atoms with van der Waals surface area (Å²) in [5.41, 5.74) is 2.21. The van der Waals surface area contributed by atoms with Gasteiger partial charge in [0.2, 0.25) is 10.0 Å². The fourth-order valence-electron chi connectivity index (χ4n) is 4.42. The van der Waals surface area contributed by atoms with Crippen LogP contribution >= 0.6 is 0 Å². The minimum atomic E-state index is -3.51. The maximum Gasteiger partial charge on any atom is 0.270 e. The van der Waals surface area contributed by atoms with Crippen molar-refractivity contribution >= 4 is 26.8 Å². The first-order valence-corrected chi connectivity index (χ1v) is 12.1. The molecule has 1 aromatic heterocycles. The van der Waals surface area contributed by atoms with Crippen molar-refractivity contribution in [2.45, 2.75) is 51.3 Å². The molecule has 3 heterocycles. The smallest absolute Gasteiger partial charge is 0.270 e. The Hall–Kier alpha value is -1.86. The number of aromatic amines is 1. The largest absolute Gasteiger partial charge is 0.350 e. The van der Waals surface area contributed by atoms with Crippen LogP contribution in [0.2, 0.25) is 0 Å². The van der Waals surface area contributed by atoms with Crippen LogP contribution in [0.5, 0.6) is 0 Å². The molecular weight excluding hydrogens is 386 g/mol. The molecule has 0 unspecified atom stereocenters. The lowest BCUT2D eigenvalue weighted by Gasteiger charge is -2.30. The number of aromatic nitrogens is 1. The van der Waals surface area contributed by atoms with Crippen molar-refractivity contribution in [3.05, 3.63) is 29.5 Å². The number of nitrogens with one attached hydrogen (secondary N) is 1. The molecule has 2 saturated heterocycles. The number of aryl methyl sites for hydroxylation is 1. The highest BCUT2D eigenvalue weighted by Crippen LogP contribution is 2.29. The number of carbonyl (C=O) groups is 1. The SMILES string of the molecule is Cc1c(C(=O)N2CCC(C)CC2)[nH]c2ccc(S(=O)(=O)N3CCC(C)CC3)cc12. The molecule has 1 N–H and O–H groups in total. The molecule has 1 amide bonds. The van der Waals surface area contributed by atoms with Crippen molar-refractivity contribution in [3.63, 3.8) is 0 Å². The molecule has 2 fully saturated rings. The Labute approximate surface area is 173 Å². The molecule has 29 heavy (non-hydrogen) atoms. The highest BCUT2D eigenvalue weighted by Gasteiger charge is 2.29. The Morgan fingerprint density at radius 1 is 1.00 bits per heavy atom. The van der Waals surface area contributed by atoms with Crippen LogP contribution in [0.15, 0.2) is 23.1 Å². The van der Waals surface area contributed by atoms with Crippen LogP contribution in [0.4, 0.5) is 0 Å². The summed E-state index contributed by atoms with van der Waals surface area (Å²) in [6.45, 7) is 9.00. The molecule has 1 aromatic carbocycles. The Bertz CT molecular complexity index is 1010. The van der Waals surface area contributed by atoms with Gasteiger partial charge in [0.05, 0.1) is 4.90 Å². The van der Waals surface area contributed by atoms with Crippen LogP contribution in [0.25, 0.3) is 10.9 Å². The molecule has 0 radical (unpaired) electrons. The Morgan fingerprint density at radius 2 is 1.59 bits per heavy atom. The second-order valence-corrected chi connectivity index (χ2v) is 10.8. The highest BCUT2D eigenvalue weighted by atomic mass is 32.2. The molecule has 6 nitrogen and oxygen atoms in total. The first-order valence-electron chi connectivity index (χ1n) is 10.7. The number of likely N-dealkylation sites (tertiary alicyclic amines) is 1. The molecule has 0 atom stereocenters. The van der Waals surface area contributed by atoms with Crippen molar-refractivity contribution < 1.29 is 13.2 Å². The number of fused-ring (bicyclic) bond motifs is 1. The summed E-state index contributed by atoms with van der Waals surface area (Å²) < 4.78 is 27.8. The summed E-state index contributed by atoms with van der Waals surface area (Å²) in [7, 11) is -3.51. The van der Waals surface area contributed by atoms with Gasteiger partial charge in [-0.15, -0.1) is 0 Å². The summed E-state index contributed by atoms with van der Waals surface area (Å²) in [5, 5.41) is 0.810. The monoisotopic (exact) mass is 417 g/mol. The molecule has 7 heteroatoms. The van der Waals surface area contributed by atoms with Crippen molar-refractivity contribution in [2.24, 2.45) is 11.8 Å². The fourth-order valence-corrected chi connectivity index (χ4v) is 5.92. The first-order chi connectivity index (χ1) is 13.8. The lowest BCUT2D eigenvalue weighted by Crippen LogP contribution is -2.38. The number of hydrogen-bond acceptors (Lipinski definition) is 3. The molecule has 2 aromatic rings. The first kappa shape index (κ1) is 20.4. The minimum absolute atomic E-state index is 0.0139. The van der Waals surface area contributed by atoms with Gasteiger partial charge in [-0.1, -0.05) is 13.8 Å². The average molecular weight is 418 g/mol. The average Bonchev–Trinajstić information content (AvgIpc) is 3.04. The zero-order valence-corrected chi connectivity index (χ0v) is 18.4. The van der Waals surface area contributed by atoms with Crippen LogP contribution in [0.3, 0.4) is 0 Å². The molecule has 2 aliphatic heterocycles. The Kier molecular flexibility index (Phi) is 5.46. The number of amides is 1. The lowest BCUT2D eigenvalue weighted by atomic mass is 9.99. The van der Waals surface area contributed by atoms with Crippen LogP contribution in [-0.2, 0) is 10.0 Å². The van der Waals surface area contributed by atoms with Gasteiger partial charge in [0, 0.05) is 37.1 Å². The molecule has 0 aliphatic carbocycles. The summed E-state index contributed by atoms with van der Waals surface area (Å²) in [6.07, 6.45) is 3.86. The van der Waals surface area contributed by atoms with Gasteiger partial charge in [0.25, 0.3) is 5.91 Å². The summed E-state index contributed by atoms with van der Waals surface area (Å²) in [4.78, 5) is 18.5. The maximum atomic E-state index is 13.1. The molecule has 4 rings (SSSR count). The molecule has 158 valence electrons. The van der Waals surface area contributed by atoms with Gasteiger partial charge in [-0.2, -0.15) is 4.31 Å². The van der Waals surface area contributed by atoms with Crippen molar-refractivity contribution in [1.82, 2.24) is 14.2 Å². The van der Waals surface area contributed by atoms with Gasteiger partial charge < -0.3 is 9.88 Å². The number of hydrogen-bond donors (Lipinski definition) is 1. The van der Waals surface area contributed by atoms with Gasteiger partial charge >= 0.3 is 0 Å². The third-order valence-corrected chi connectivity index (χ3v) is 8.59. The summed E-state index contributed by atoms with van der Waals surface area (Å²) in [5.74, 6) is 1.25. The molecule has 0 spiro atoms. The van der Waals surface area contributed by atoms with E-state index in [-0.39, 0.29) is 5.91 Å². The fraction of sp³-hybridized carbons (Fsp3) is 0.591. The van der Waals surface area contributed by atoms with Crippen molar-refractivity contribution in [1.29, 1.82) is 0 Å². The quantitative estimate of drug-likeness (QED) is 0.826. The number of piperidine rings is 2. The zero-order valence-electron chi connectivity index (χ0n) is 17.6. The predicted molar refractivity (Wildman–Crippen MR) is 114 cm³/mol. The van der Waals surface area contributed by atoms with Crippen LogP contribution in [0.1, 0.15) is 55.6 Å². The minimum Gasteiger partial charge on any atom is -0.350 e. The molecular formula is C22H31N3O3S. The second kappa shape index (κ2) is 7.76. The second-order valence-electron chi connectivity index (χ2n) is 8.89. The number of rotatable bonds is 3. The maximum absolute atomic E-state index is 13.1. The van der Waals surface area contributed by atoms with E-state index in [1.54, 1.807) is 22.5 Å². The summed E-state index contributed by atoms with van der Waals surface area (Å²) >= 11 is 0. The number of carbonyl (C=O) groups excluding carboxylic acids is 1. The van der Waals surface area contributed by atoms with E-state index in [1.165, 1.54) is 0 Å². The zero-order chi connectivity index (χ0) is 20.8. The third kappa shape index (κ3) is 3.82. The predicted octanol–water partition coefficient (Wildman–Crippen LogP) is 3.77. The van der Waals surface area contributed by atoms with Crippen LogP contribution < -0.4 is 0 Å². The van der Waals surface area contributed by atoms with E-state index >= 15 is 0 Å². The van der Waals surface area contributed by atoms with Crippen LogP contribution in [-0.4, -0.2) is 54.7 Å². The molecule has 2 aliphatic rings. The third-order valence-electron chi connectivity index (χ3n) is 6.69. The van der Waals surface area contributed by atoms with E-state index in [1.807, 2.05) is 11.8 Å². The number of benzene rings is 1. The Balaban J connectivity index is 1.63. The Morgan fingerprint density at radius 3 is 2.21 bits per heavy atom. The van der Waals surface area contributed by atoms with Gasteiger partial charge in [-0.05, 0) is 68.2 Å². The highest BCUT2D eigenvalue weighted by molar-refractivity contribution is 7.89. The molecule has 0 bridgehead atoms.